The number of carbonyl (C=O) groups is 2. The average Bonchev–Trinajstić information content (AvgIpc) is 2.33. The zero-order valence-electron chi connectivity index (χ0n) is 11.7. The number of carboxylic acids is 1. The van der Waals surface area contributed by atoms with E-state index in [-0.39, 0.29) is 11.9 Å². The van der Waals surface area contributed by atoms with Crippen LogP contribution >= 0.6 is 0 Å². The highest BCUT2D eigenvalue weighted by Crippen LogP contribution is 2.26. The lowest BCUT2D eigenvalue weighted by Crippen LogP contribution is -2.43. The number of hydrogen-bond acceptors (Lipinski definition) is 2. The molecule has 2 rings (SSSR count). The van der Waals surface area contributed by atoms with Gasteiger partial charge in [-0.05, 0) is 55.0 Å². The van der Waals surface area contributed by atoms with E-state index in [2.05, 4.69) is 12.2 Å². The molecule has 0 heterocycles. The molecule has 20 heavy (non-hydrogen) atoms. The van der Waals surface area contributed by atoms with E-state index in [1.54, 1.807) is 6.07 Å². The Morgan fingerprint density at radius 3 is 2.60 bits per heavy atom. The maximum absolute atomic E-state index is 12.1. The van der Waals surface area contributed by atoms with Gasteiger partial charge in [-0.3, -0.25) is 4.79 Å². The lowest BCUT2D eigenvalue weighted by molar-refractivity contribution is -0.131. The third kappa shape index (κ3) is 3.70. The van der Waals surface area contributed by atoms with Crippen molar-refractivity contribution in [3.05, 3.63) is 41.0 Å². The Morgan fingerprint density at radius 2 is 2.00 bits per heavy atom. The van der Waals surface area contributed by atoms with Crippen LogP contribution < -0.4 is 5.32 Å². The Bertz CT molecular complexity index is 557. The molecule has 1 aromatic rings. The lowest BCUT2D eigenvalue weighted by atomic mass is 9.82. The number of hydrogen-bond donors (Lipinski definition) is 2. The first-order valence-corrected chi connectivity index (χ1v) is 6.77. The predicted octanol–water partition coefficient (Wildman–Crippen LogP) is 2.62. The van der Waals surface area contributed by atoms with Crippen molar-refractivity contribution >= 4 is 18.0 Å². The molecule has 0 radical (unpaired) electrons. The second kappa shape index (κ2) is 5.90. The molecule has 0 spiro atoms. The summed E-state index contributed by atoms with van der Waals surface area (Å²) in [4.78, 5) is 22.7. The Labute approximate surface area is 118 Å². The molecule has 1 fully saturated rings. The minimum Gasteiger partial charge on any atom is -0.478 e. The van der Waals surface area contributed by atoms with Gasteiger partial charge in [0.2, 0.25) is 0 Å². The van der Waals surface area contributed by atoms with Gasteiger partial charge in [-0.1, -0.05) is 13.0 Å². The number of carboxylic acid groups (broad SMARTS) is 1. The van der Waals surface area contributed by atoms with Gasteiger partial charge in [0.15, 0.2) is 0 Å². The fourth-order valence-corrected chi connectivity index (χ4v) is 2.50. The monoisotopic (exact) mass is 273 g/mol. The molecule has 2 N–H and O–H groups in total. The summed E-state index contributed by atoms with van der Waals surface area (Å²) in [5.41, 5.74) is 2.23. The van der Waals surface area contributed by atoms with E-state index in [1.807, 2.05) is 19.1 Å². The minimum atomic E-state index is -0.999. The molecule has 4 nitrogen and oxygen atoms in total. The molecule has 0 atom stereocenters. The van der Waals surface area contributed by atoms with Crippen LogP contribution in [0.25, 0.3) is 6.08 Å². The highest BCUT2D eigenvalue weighted by molar-refractivity contribution is 5.95. The van der Waals surface area contributed by atoms with Gasteiger partial charge in [0.1, 0.15) is 0 Å². The fraction of sp³-hybridized carbons (Fsp3) is 0.375. The third-order valence-electron chi connectivity index (χ3n) is 3.49. The molecule has 0 aliphatic heterocycles. The van der Waals surface area contributed by atoms with Gasteiger partial charge >= 0.3 is 5.97 Å². The van der Waals surface area contributed by atoms with E-state index in [0.29, 0.717) is 11.5 Å². The second-order valence-electron chi connectivity index (χ2n) is 5.55. The topological polar surface area (TPSA) is 66.4 Å². The summed E-state index contributed by atoms with van der Waals surface area (Å²) in [6.07, 6.45) is 4.63. The number of aliphatic carboxylic acids is 1. The smallest absolute Gasteiger partial charge is 0.328 e. The predicted molar refractivity (Wildman–Crippen MR) is 77.5 cm³/mol. The van der Waals surface area contributed by atoms with E-state index in [4.69, 9.17) is 5.11 Å². The van der Waals surface area contributed by atoms with Gasteiger partial charge in [-0.25, -0.2) is 4.79 Å². The first kappa shape index (κ1) is 14.3. The summed E-state index contributed by atoms with van der Waals surface area (Å²) in [5.74, 6) is -0.400. The first-order chi connectivity index (χ1) is 9.44. The van der Waals surface area contributed by atoms with Crippen LogP contribution in [0.2, 0.25) is 0 Å². The van der Waals surface area contributed by atoms with E-state index >= 15 is 0 Å². The first-order valence-electron chi connectivity index (χ1n) is 6.77. The van der Waals surface area contributed by atoms with Crippen LogP contribution in [0.5, 0.6) is 0 Å². The van der Waals surface area contributed by atoms with Crippen molar-refractivity contribution in [1.82, 2.24) is 5.32 Å². The van der Waals surface area contributed by atoms with Crippen molar-refractivity contribution in [2.75, 3.05) is 0 Å². The minimum absolute atomic E-state index is 0.0874. The number of nitrogens with one attached hydrogen (secondary N) is 1. The number of benzene rings is 1. The van der Waals surface area contributed by atoms with Crippen LogP contribution in [0.15, 0.2) is 24.3 Å². The zero-order chi connectivity index (χ0) is 14.7. The Balaban J connectivity index is 2.10. The van der Waals surface area contributed by atoms with Gasteiger partial charge in [0, 0.05) is 17.7 Å². The van der Waals surface area contributed by atoms with E-state index in [0.717, 1.165) is 30.0 Å². The SMILES string of the molecule is Cc1cc(/C=C/C(=O)O)cc(C(=O)NC2CC(C)C2)c1. The fourth-order valence-electron chi connectivity index (χ4n) is 2.50. The molecule has 0 saturated heterocycles. The van der Waals surface area contributed by atoms with Crippen LogP contribution in [0, 0.1) is 12.8 Å². The van der Waals surface area contributed by atoms with Crippen molar-refractivity contribution in [3.8, 4) is 0 Å². The van der Waals surface area contributed by atoms with Crippen molar-refractivity contribution in [1.29, 1.82) is 0 Å². The highest BCUT2D eigenvalue weighted by atomic mass is 16.4. The molecule has 0 unspecified atom stereocenters. The number of aryl methyl sites for hydroxylation is 1. The molecular formula is C16H19NO3. The van der Waals surface area contributed by atoms with Crippen LogP contribution in [-0.4, -0.2) is 23.0 Å². The number of carbonyl (C=O) groups excluding carboxylic acids is 1. The molecule has 1 aromatic carbocycles. The van der Waals surface area contributed by atoms with Crippen LogP contribution in [0.3, 0.4) is 0 Å². The van der Waals surface area contributed by atoms with E-state index in [1.165, 1.54) is 6.08 Å². The average molecular weight is 273 g/mol. The maximum Gasteiger partial charge on any atom is 0.328 e. The van der Waals surface area contributed by atoms with Crippen molar-refractivity contribution in [2.45, 2.75) is 32.7 Å². The molecule has 1 aliphatic carbocycles. The Hall–Kier alpha value is -2.10. The summed E-state index contributed by atoms with van der Waals surface area (Å²) < 4.78 is 0. The molecule has 106 valence electrons. The Kier molecular flexibility index (Phi) is 4.23. The molecular weight excluding hydrogens is 254 g/mol. The van der Waals surface area contributed by atoms with E-state index in [9.17, 15) is 9.59 Å². The van der Waals surface area contributed by atoms with Gasteiger partial charge in [-0.15, -0.1) is 0 Å². The largest absolute Gasteiger partial charge is 0.478 e. The maximum atomic E-state index is 12.1. The van der Waals surface area contributed by atoms with Gasteiger partial charge in [0.25, 0.3) is 5.91 Å². The molecule has 1 aliphatic rings. The molecule has 1 amide bonds. The molecule has 0 bridgehead atoms. The van der Waals surface area contributed by atoms with Crippen molar-refractivity contribution in [2.24, 2.45) is 5.92 Å². The quantitative estimate of drug-likeness (QED) is 0.829. The van der Waals surface area contributed by atoms with Crippen molar-refractivity contribution in [3.63, 3.8) is 0 Å². The summed E-state index contributed by atoms with van der Waals surface area (Å²) in [7, 11) is 0. The summed E-state index contributed by atoms with van der Waals surface area (Å²) in [6, 6.07) is 5.65. The summed E-state index contributed by atoms with van der Waals surface area (Å²) in [5, 5.41) is 11.6. The molecule has 0 aromatic heterocycles. The molecule has 1 saturated carbocycles. The normalized spacial score (nSPS) is 21.5. The van der Waals surface area contributed by atoms with Crippen LogP contribution in [0.1, 0.15) is 41.3 Å². The van der Waals surface area contributed by atoms with Gasteiger partial charge < -0.3 is 10.4 Å². The zero-order valence-corrected chi connectivity index (χ0v) is 11.7. The third-order valence-corrected chi connectivity index (χ3v) is 3.49. The standard InChI is InChI=1S/C16H19NO3/c1-10-5-12(3-4-15(18)19)9-13(6-10)16(20)17-14-7-11(2)8-14/h3-6,9,11,14H,7-8H2,1-2H3,(H,17,20)(H,18,19)/b4-3+. The van der Waals surface area contributed by atoms with Crippen molar-refractivity contribution < 1.29 is 14.7 Å². The van der Waals surface area contributed by atoms with E-state index < -0.39 is 5.97 Å². The number of rotatable bonds is 4. The summed E-state index contributed by atoms with van der Waals surface area (Å²) >= 11 is 0. The summed E-state index contributed by atoms with van der Waals surface area (Å²) in [6.45, 7) is 4.06. The van der Waals surface area contributed by atoms with Gasteiger partial charge in [0.05, 0.1) is 0 Å². The number of amides is 1. The second-order valence-corrected chi connectivity index (χ2v) is 5.55. The molecule has 4 heteroatoms. The van der Waals surface area contributed by atoms with Crippen LogP contribution in [-0.2, 0) is 4.79 Å². The Morgan fingerprint density at radius 1 is 1.30 bits per heavy atom. The van der Waals surface area contributed by atoms with Gasteiger partial charge in [-0.2, -0.15) is 0 Å². The lowest BCUT2D eigenvalue weighted by Gasteiger charge is -2.33. The highest BCUT2D eigenvalue weighted by Gasteiger charge is 2.26. The van der Waals surface area contributed by atoms with Crippen LogP contribution in [0.4, 0.5) is 0 Å².